The Morgan fingerprint density at radius 2 is 1.46 bits per heavy atom. The number of hydrogen-bond donors (Lipinski definition) is 1. The van der Waals surface area contributed by atoms with Crippen molar-refractivity contribution in [2.24, 2.45) is 5.92 Å². The Morgan fingerprint density at radius 3 is 2.06 bits per heavy atom. The molecule has 0 fully saturated rings. The first kappa shape index (κ1) is 26.5. The molecule has 0 saturated heterocycles. The molecule has 2 amide bonds. The number of nitrogens with one attached hydrogen (secondary N) is 1. The standard InChI is InChI=1S/C29H33FN2O2S/c1-22(2)18-31-29(34)27(17-23-9-5-3-6-10-23)32(19-24-13-15-26(30)16-14-24)28(33)21-35-20-25-11-7-4-8-12-25/h3-16,22,27H,17-21H2,1-2H3,(H,31,34)/t27-/m0/s1. The third kappa shape index (κ3) is 8.87. The van der Waals surface area contributed by atoms with Crippen LogP contribution >= 0.6 is 11.8 Å². The predicted octanol–water partition coefficient (Wildman–Crippen LogP) is 5.47. The molecule has 0 heterocycles. The predicted molar refractivity (Wildman–Crippen MR) is 141 cm³/mol. The maximum Gasteiger partial charge on any atom is 0.243 e. The second-order valence-electron chi connectivity index (χ2n) is 8.97. The van der Waals surface area contributed by atoms with Crippen molar-refractivity contribution in [3.63, 3.8) is 0 Å². The van der Waals surface area contributed by atoms with Crippen LogP contribution in [0.4, 0.5) is 4.39 Å². The molecular formula is C29H33FN2O2S. The van der Waals surface area contributed by atoms with E-state index in [1.54, 1.807) is 17.0 Å². The summed E-state index contributed by atoms with van der Waals surface area (Å²) in [5, 5.41) is 3.02. The number of thioether (sulfide) groups is 1. The minimum Gasteiger partial charge on any atom is -0.354 e. The number of benzene rings is 3. The van der Waals surface area contributed by atoms with Crippen molar-refractivity contribution in [2.45, 2.75) is 38.6 Å². The number of amides is 2. The fraction of sp³-hybridized carbons (Fsp3) is 0.310. The monoisotopic (exact) mass is 492 g/mol. The lowest BCUT2D eigenvalue weighted by molar-refractivity contribution is -0.139. The van der Waals surface area contributed by atoms with Crippen molar-refractivity contribution < 1.29 is 14.0 Å². The van der Waals surface area contributed by atoms with Gasteiger partial charge < -0.3 is 10.2 Å². The fourth-order valence-corrected chi connectivity index (χ4v) is 4.55. The molecule has 1 atom stereocenters. The maximum absolute atomic E-state index is 13.5. The number of carbonyl (C=O) groups excluding carboxylic acids is 2. The Morgan fingerprint density at radius 1 is 0.857 bits per heavy atom. The van der Waals surface area contributed by atoms with E-state index in [1.165, 1.54) is 23.9 Å². The smallest absolute Gasteiger partial charge is 0.243 e. The SMILES string of the molecule is CC(C)CNC(=O)[C@H](Cc1ccccc1)N(Cc1ccc(F)cc1)C(=O)CSCc1ccccc1. The first-order valence-corrected chi connectivity index (χ1v) is 13.0. The Labute approximate surface area is 211 Å². The molecule has 184 valence electrons. The quantitative estimate of drug-likeness (QED) is 0.365. The van der Waals surface area contributed by atoms with Crippen molar-refractivity contribution in [1.29, 1.82) is 0 Å². The van der Waals surface area contributed by atoms with Gasteiger partial charge in [0.2, 0.25) is 11.8 Å². The molecule has 0 spiro atoms. The summed E-state index contributed by atoms with van der Waals surface area (Å²) in [5.74, 6) is 0.625. The van der Waals surface area contributed by atoms with Crippen LogP contribution in [0.2, 0.25) is 0 Å². The Bertz CT molecular complexity index is 1060. The van der Waals surface area contributed by atoms with Gasteiger partial charge in [-0.25, -0.2) is 4.39 Å². The number of hydrogen-bond acceptors (Lipinski definition) is 3. The molecule has 3 rings (SSSR count). The van der Waals surface area contributed by atoms with Gasteiger partial charge in [-0.2, -0.15) is 0 Å². The molecule has 0 aliphatic heterocycles. The van der Waals surface area contributed by atoms with Gasteiger partial charge in [-0.05, 0) is 34.7 Å². The summed E-state index contributed by atoms with van der Waals surface area (Å²) in [5.41, 5.74) is 2.90. The summed E-state index contributed by atoms with van der Waals surface area (Å²) in [4.78, 5) is 28.5. The number of nitrogens with zero attached hydrogens (tertiary/aromatic N) is 1. The topological polar surface area (TPSA) is 49.4 Å². The van der Waals surface area contributed by atoms with E-state index in [1.807, 2.05) is 74.5 Å². The normalized spacial score (nSPS) is 11.8. The zero-order chi connectivity index (χ0) is 25.0. The van der Waals surface area contributed by atoms with Crippen LogP contribution in [0.5, 0.6) is 0 Å². The number of rotatable bonds is 12. The van der Waals surface area contributed by atoms with Gasteiger partial charge in [0.1, 0.15) is 11.9 Å². The molecule has 35 heavy (non-hydrogen) atoms. The van der Waals surface area contributed by atoms with E-state index in [0.717, 1.165) is 16.7 Å². The molecule has 0 aromatic heterocycles. The first-order chi connectivity index (χ1) is 16.9. The van der Waals surface area contributed by atoms with Crippen LogP contribution in [0, 0.1) is 11.7 Å². The van der Waals surface area contributed by atoms with Crippen molar-refractivity contribution in [1.82, 2.24) is 10.2 Å². The average Bonchev–Trinajstić information content (AvgIpc) is 2.87. The zero-order valence-corrected chi connectivity index (χ0v) is 21.1. The minimum absolute atomic E-state index is 0.115. The van der Waals surface area contributed by atoms with Crippen LogP contribution < -0.4 is 5.32 Å². The molecule has 6 heteroatoms. The van der Waals surface area contributed by atoms with E-state index < -0.39 is 6.04 Å². The molecule has 1 N–H and O–H groups in total. The summed E-state index contributed by atoms with van der Waals surface area (Å²) >= 11 is 1.53. The summed E-state index contributed by atoms with van der Waals surface area (Å²) in [6, 6.07) is 25.1. The fourth-order valence-electron chi connectivity index (χ4n) is 3.68. The summed E-state index contributed by atoms with van der Waals surface area (Å²) < 4.78 is 13.5. The highest BCUT2D eigenvalue weighted by atomic mass is 32.2. The van der Waals surface area contributed by atoms with Gasteiger partial charge in [-0.3, -0.25) is 9.59 Å². The van der Waals surface area contributed by atoms with E-state index in [0.29, 0.717) is 24.6 Å². The number of halogens is 1. The Hall–Kier alpha value is -3.12. The van der Waals surface area contributed by atoms with Gasteiger partial charge in [0.25, 0.3) is 0 Å². The molecule has 3 aromatic carbocycles. The Balaban J connectivity index is 1.83. The molecule has 0 unspecified atom stereocenters. The van der Waals surface area contributed by atoms with Crippen LogP contribution in [0.1, 0.15) is 30.5 Å². The molecule has 0 radical (unpaired) electrons. The second kappa shape index (κ2) is 13.7. The van der Waals surface area contributed by atoms with Gasteiger partial charge in [0.05, 0.1) is 5.75 Å². The molecule has 0 bridgehead atoms. The summed E-state index contributed by atoms with van der Waals surface area (Å²) in [7, 11) is 0. The second-order valence-corrected chi connectivity index (χ2v) is 9.96. The van der Waals surface area contributed by atoms with Crippen LogP contribution in [0.3, 0.4) is 0 Å². The molecular weight excluding hydrogens is 459 g/mol. The van der Waals surface area contributed by atoms with E-state index in [4.69, 9.17) is 0 Å². The van der Waals surface area contributed by atoms with Crippen LogP contribution in [0.15, 0.2) is 84.9 Å². The minimum atomic E-state index is -0.675. The van der Waals surface area contributed by atoms with E-state index in [-0.39, 0.29) is 29.9 Å². The summed E-state index contributed by atoms with van der Waals surface area (Å²) in [6.07, 6.45) is 0.404. The Kier molecular flexibility index (Phi) is 10.4. The highest BCUT2D eigenvalue weighted by Gasteiger charge is 2.30. The molecule has 3 aromatic rings. The molecule has 0 aliphatic carbocycles. The van der Waals surface area contributed by atoms with Crippen molar-refractivity contribution in [3.05, 3.63) is 107 Å². The zero-order valence-electron chi connectivity index (χ0n) is 20.3. The lowest BCUT2D eigenvalue weighted by atomic mass is 10.0. The van der Waals surface area contributed by atoms with E-state index in [2.05, 4.69) is 5.32 Å². The lowest BCUT2D eigenvalue weighted by Crippen LogP contribution is -2.51. The van der Waals surface area contributed by atoms with Crippen LogP contribution in [-0.4, -0.2) is 35.1 Å². The van der Waals surface area contributed by atoms with Crippen molar-refractivity contribution in [2.75, 3.05) is 12.3 Å². The third-order valence-electron chi connectivity index (χ3n) is 5.56. The van der Waals surface area contributed by atoms with Crippen molar-refractivity contribution in [3.8, 4) is 0 Å². The van der Waals surface area contributed by atoms with Crippen LogP contribution in [-0.2, 0) is 28.3 Å². The highest BCUT2D eigenvalue weighted by Crippen LogP contribution is 2.19. The third-order valence-corrected chi connectivity index (χ3v) is 6.55. The van der Waals surface area contributed by atoms with Gasteiger partial charge in [0, 0.05) is 25.3 Å². The first-order valence-electron chi connectivity index (χ1n) is 11.9. The average molecular weight is 493 g/mol. The van der Waals surface area contributed by atoms with Gasteiger partial charge in [-0.1, -0.05) is 86.6 Å². The lowest BCUT2D eigenvalue weighted by Gasteiger charge is -2.32. The molecule has 0 aliphatic rings. The van der Waals surface area contributed by atoms with Gasteiger partial charge in [-0.15, -0.1) is 11.8 Å². The van der Waals surface area contributed by atoms with Gasteiger partial charge in [0.15, 0.2) is 0 Å². The maximum atomic E-state index is 13.5. The largest absolute Gasteiger partial charge is 0.354 e. The number of carbonyl (C=O) groups is 2. The van der Waals surface area contributed by atoms with Gasteiger partial charge >= 0.3 is 0 Å². The van der Waals surface area contributed by atoms with E-state index in [9.17, 15) is 14.0 Å². The van der Waals surface area contributed by atoms with Crippen LogP contribution in [0.25, 0.3) is 0 Å². The van der Waals surface area contributed by atoms with Crippen molar-refractivity contribution >= 4 is 23.6 Å². The molecule has 4 nitrogen and oxygen atoms in total. The van der Waals surface area contributed by atoms with E-state index >= 15 is 0 Å². The molecule has 0 saturated carbocycles. The summed E-state index contributed by atoms with van der Waals surface area (Å²) in [6.45, 7) is 4.84. The highest BCUT2D eigenvalue weighted by molar-refractivity contribution is 7.99.